The smallest absolute Gasteiger partial charge is 0.248 e. The summed E-state index contributed by atoms with van der Waals surface area (Å²) in [5, 5.41) is 3.32. The van der Waals surface area contributed by atoms with Crippen LogP contribution in [0.4, 0.5) is 11.4 Å². The van der Waals surface area contributed by atoms with Crippen LogP contribution in [-0.2, 0) is 0 Å². The van der Waals surface area contributed by atoms with E-state index < -0.39 is 5.91 Å². The Bertz CT molecular complexity index is 581. The first-order valence-electron chi connectivity index (χ1n) is 6.08. The first-order valence-corrected chi connectivity index (χ1v) is 6.08. The number of benzene rings is 2. The quantitative estimate of drug-likeness (QED) is 0.734. The summed E-state index contributed by atoms with van der Waals surface area (Å²) in [6, 6.07) is 15.2. The molecule has 0 aliphatic heterocycles. The highest BCUT2D eigenvalue weighted by Crippen LogP contribution is 2.25. The van der Waals surface area contributed by atoms with Crippen LogP contribution in [0.15, 0.2) is 48.5 Å². The van der Waals surface area contributed by atoms with Gasteiger partial charge in [0.25, 0.3) is 0 Å². The van der Waals surface area contributed by atoms with E-state index in [0.29, 0.717) is 11.3 Å². The van der Waals surface area contributed by atoms with Crippen molar-refractivity contribution in [3.8, 4) is 0 Å². The number of nitrogen functional groups attached to an aromatic ring is 1. The largest absolute Gasteiger partial charge is 0.397 e. The van der Waals surface area contributed by atoms with Gasteiger partial charge in [0, 0.05) is 11.6 Å². The van der Waals surface area contributed by atoms with Crippen molar-refractivity contribution in [2.24, 2.45) is 5.73 Å². The number of nitrogens with two attached hydrogens (primary N) is 2. The standard InChI is InChI=1S/C15H17N3O/c1-10(11-5-3-2-4-6-11)18-14-8-7-12(15(17)19)9-13(14)16/h2-10,18H,16H2,1H3,(H2,17,19). The lowest BCUT2D eigenvalue weighted by atomic mass is 10.1. The number of carbonyl (C=O) groups excluding carboxylic acids is 1. The van der Waals surface area contributed by atoms with Crippen LogP contribution >= 0.6 is 0 Å². The lowest BCUT2D eigenvalue weighted by Gasteiger charge is -2.17. The normalized spacial score (nSPS) is 11.8. The average Bonchev–Trinajstić information content (AvgIpc) is 2.41. The zero-order valence-corrected chi connectivity index (χ0v) is 10.8. The van der Waals surface area contributed by atoms with Gasteiger partial charge in [0.15, 0.2) is 0 Å². The van der Waals surface area contributed by atoms with Crippen molar-refractivity contribution in [2.45, 2.75) is 13.0 Å². The average molecular weight is 255 g/mol. The third-order valence-corrected chi connectivity index (χ3v) is 3.01. The molecule has 1 atom stereocenters. The summed E-state index contributed by atoms with van der Waals surface area (Å²) < 4.78 is 0. The number of rotatable bonds is 4. The predicted octanol–water partition coefficient (Wildman–Crippen LogP) is 2.54. The Morgan fingerprint density at radius 3 is 2.42 bits per heavy atom. The van der Waals surface area contributed by atoms with Gasteiger partial charge in [-0.2, -0.15) is 0 Å². The van der Waals surface area contributed by atoms with E-state index in [4.69, 9.17) is 11.5 Å². The minimum Gasteiger partial charge on any atom is -0.397 e. The molecule has 5 N–H and O–H groups in total. The highest BCUT2D eigenvalue weighted by atomic mass is 16.1. The van der Waals surface area contributed by atoms with Gasteiger partial charge in [-0.15, -0.1) is 0 Å². The van der Waals surface area contributed by atoms with Gasteiger partial charge >= 0.3 is 0 Å². The number of nitrogens with one attached hydrogen (secondary N) is 1. The maximum Gasteiger partial charge on any atom is 0.248 e. The number of primary amides is 1. The Morgan fingerprint density at radius 2 is 1.84 bits per heavy atom. The van der Waals surface area contributed by atoms with Crippen molar-refractivity contribution in [3.05, 3.63) is 59.7 Å². The summed E-state index contributed by atoms with van der Waals surface area (Å²) in [6.45, 7) is 2.05. The molecular weight excluding hydrogens is 238 g/mol. The van der Waals surface area contributed by atoms with Crippen LogP contribution < -0.4 is 16.8 Å². The fraction of sp³-hybridized carbons (Fsp3) is 0.133. The maximum absolute atomic E-state index is 11.1. The van der Waals surface area contributed by atoms with Crippen LogP contribution in [0.3, 0.4) is 0 Å². The second kappa shape index (κ2) is 5.44. The molecule has 0 heterocycles. The second-order valence-corrected chi connectivity index (χ2v) is 4.44. The van der Waals surface area contributed by atoms with Gasteiger partial charge < -0.3 is 16.8 Å². The van der Waals surface area contributed by atoms with Gasteiger partial charge in [-0.3, -0.25) is 4.79 Å². The molecule has 0 aromatic heterocycles. The van der Waals surface area contributed by atoms with Crippen LogP contribution in [0.2, 0.25) is 0 Å². The SMILES string of the molecule is CC(Nc1ccc(C(N)=O)cc1N)c1ccccc1. The minimum atomic E-state index is -0.477. The van der Waals surface area contributed by atoms with Crippen molar-refractivity contribution in [3.63, 3.8) is 0 Å². The number of carbonyl (C=O) groups is 1. The van der Waals surface area contributed by atoms with Gasteiger partial charge in [0.1, 0.15) is 0 Å². The molecule has 0 radical (unpaired) electrons. The molecule has 0 fully saturated rings. The number of hydrogen-bond acceptors (Lipinski definition) is 3. The predicted molar refractivity (Wildman–Crippen MR) is 77.9 cm³/mol. The lowest BCUT2D eigenvalue weighted by Crippen LogP contribution is -2.13. The molecule has 0 aliphatic rings. The van der Waals surface area contributed by atoms with Crippen molar-refractivity contribution >= 4 is 17.3 Å². The summed E-state index contributed by atoms with van der Waals surface area (Å²) >= 11 is 0. The Kier molecular flexibility index (Phi) is 3.71. The number of amides is 1. The van der Waals surface area contributed by atoms with Crippen LogP contribution in [0.1, 0.15) is 28.9 Å². The van der Waals surface area contributed by atoms with Gasteiger partial charge in [0.05, 0.1) is 11.4 Å². The molecule has 2 aromatic rings. The lowest BCUT2D eigenvalue weighted by molar-refractivity contribution is 0.100. The fourth-order valence-corrected chi connectivity index (χ4v) is 1.91. The number of hydrogen-bond donors (Lipinski definition) is 3. The van der Waals surface area contributed by atoms with Crippen molar-refractivity contribution in [1.82, 2.24) is 0 Å². The summed E-state index contributed by atoms with van der Waals surface area (Å²) in [4.78, 5) is 11.1. The minimum absolute atomic E-state index is 0.128. The maximum atomic E-state index is 11.1. The monoisotopic (exact) mass is 255 g/mol. The van der Waals surface area contributed by atoms with Crippen molar-refractivity contribution < 1.29 is 4.79 Å². The summed E-state index contributed by atoms with van der Waals surface area (Å²) in [7, 11) is 0. The molecular formula is C15H17N3O. The first-order chi connectivity index (χ1) is 9.08. The zero-order valence-electron chi connectivity index (χ0n) is 10.8. The van der Waals surface area contributed by atoms with Gasteiger partial charge in [-0.1, -0.05) is 30.3 Å². The summed E-state index contributed by atoms with van der Waals surface area (Å²) in [5.74, 6) is -0.477. The molecule has 2 rings (SSSR count). The van der Waals surface area contributed by atoms with Crippen LogP contribution in [0.5, 0.6) is 0 Å². The highest BCUT2D eigenvalue weighted by Gasteiger charge is 2.08. The molecule has 1 amide bonds. The zero-order chi connectivity index (χ0) is 13.8. The van der Waals surface area contributed by atoms with E-state index in [0.717, 1.165) is 5.69 Å². The molecule has 98 valence electrons. The molecule has 0 aliphatic carbocycles. The van der Waals surface area contributed by atoms with E-state index in [1.54, 1.807) is 18.2 Å². The van der Waals surface area contributed by atoms with Crippen molar-refractivity contribution in [1.29, 1.82) is 0 Å². The summed E-state index contributed by atoms with van der Waals surface area (Å²) in [5.41, 5.74) is 14.0. The van der Waals surface area contributed by atoms with Gasteiger partial charge in [-0.25, -0.2) is 0 Å². The van der Waals surface area contributed by atoms with E-state index >= 15 is 0 Å². The van der Waals surface area contributed by atoms with Crippen molar-refractivity contribution in [2.75, 3.05) is 11.1 Å². The Morgan fingerprint density at radius 1 is 1.16 bits per heavy atom. The molecule has 1 unspecified atom stereocenters. The van der Waals surface area contributed by atoms with Crippen LogP contribution in [-0.4, -0.2) is 5.91 Å². The van der Waals surface area contributed by atoms with E-state index in [-0.39, 0.29) is 6.04 Å². The molecule has 0 bridgehead atoms. The van der Waals surface area contributed by atoms with E-state index in [1.165, 1.54) is 5.56 Å². The molecule has 0 saturated carbocycles. The van der Waals surface area contributed by atoms with Crippen LogP contribution in [0.25, 0.3) is 0 Å². The highest BCUT2D eigenvalue weighted by molar-refractivity contribution is 5.94. The van der Waals surface area contributed by atoms with E-state index in [1.807, 2.05) is 30.3 Å². The summed E-state index contributed by atoms with van der Waals surface area (Å²) in [6.07, 6.45) is 0. The second-order valence-electron chi connectivity index (χ2n) is 4.44. The first kappa shape index (κ1) is 13.0. The third-order valence-electron chi connectivity index (χ3n) is 3.01. The number of anilines is 2. The van der Waals surface area contributed by atoms with Crippen LogP contribution in [0, 0.1) is 0 Å². The third kappa shape index (κ3) is 3.04. The molecule has 4 nitrogen and oxygen atoms in total. The Labute approximate surface area is 112 Å². The molecule has 2 aromatic carbocycles. The van der Waals surface area contributed by atoms with Gasteiger partial charge in [0.2, 0.25) is 5.91 Å². The van der Waals surface area contributed by atoms with E-state index in [9.17, 15) is 4.79 Å². The van der Waals surface area contributed by atoms with Gasteiger partial charge in [-0.05, 0) is 30.7 Å². The topological polar surface area (TPSA) is 81.1 Å². The van der Waals surface area contributed by atoms with E-state index in [2.05, 4.69) is 12.2 Å². The Hall–Kier alpha value is -2.49. The molecule has 4 heteroatoms. The molecule has 0 spiro atoms. The molecule has 19 heavy (non-hydrogen) atoms. The fourth-order valence-electron chi connectivity index (χ4n) is 1.91. The molecule has 0 saturated heterocycles. The Balaban J connectivity index is 2.18.